The summed E-state index contributed by atoms with van der Waals surface area (Å²) < 4.78 is 0.487. The molecule has 0 saturated heterocycles. The summed E-state index contributed by atoms with van der Waals surface area (Å²) in [6, 6.07) is 0. The van der Waals surface area contributed by atoms with E-state index in [9.17, 15) is 0 Å². The Morgan fingerprint density at radius 2 is 1.92 bits per heavy atom. The molecule has 2 heteroatoms. The molecule has 0 aliphatic heterocycles. The topological polar surface area (TPSA) is 26.0 Å². The van der Waals surface area contributed by atoms with E-state index in [1.165, 1.54) is 31.4 Å². The molecule has 2 aliphatic carbocycles. The monoisotopic (exact) mass is 199 g/mol. The van der Waals surface area contributed by atoms with Crippen LogP contribution in [0.4, 0.5) is 0 Å². The number of hydrogen-bond donors (Lipinski definition) is 1. The molecule has 0 radical (unpaired) electrons. The Morgan fingerprint density at radius 1 is 1.31 bits per heavy atom. The van der Waals surface area contributed by atoms with Crippen LogP contribution in [0.2, 0.25) is 0 Å². The predicted molar refractivity (Wildman–Crippen MR) is 60.0 cm³/mol. The van der Waals surface area contributed by atoms with Gasteiger partial charge >= 0.3 is 0 Å². The molecule has 0 atom stereocenters. The van der Waals surface area contributed by atoms with Gasteiger partial charge in [-0.25, -0.2) is 0 Å². The summed E-state index contributed by atoms with van der Waals surface area (Å²) in [4.78, 5) is 0. The van der Waals surface area contributed by atoms with Gasteiger partial charge in [0.15, 0.2) is 0 Å². The average Bonchev–Trinajstić information content (AvgIpc) is 2.77. The normalized spacial score (nSPS) is 27.7. The van der Waals surface area contributed by atoms with E-state index < -0.39 is 0 Å². The molecular formula is C11H21NS. The first-order chi connectivity index (χ1) is 6.10. The van der Waals surface area contributed by atoms with Crippen molar-refractivity contribution < 1.29 is 0 Å². The highest BCUT2D eigenvalue weighted by atomic mass is 32.2. The van der Waals surface area contributed by atoms with Crippen LogP contribution in [0.15, 0.2) is 0 Å². The minimum Gasteiger partial charge on any atom is -0.329 e. The molecule has 2 rings (SSSR count). The zero-order valence-corrected chi connectivity index (χ0v) is 9.62. The Morgan fingerprint density at radius 3 is 2.31 bits per heavy atom. The van der Waals surface area contributed by atoms with Crippen molar-refractivity contribution >= 4 is 11.8 Å². The Balaban J connectivity index is 1.80. The van der Waals surface area contributed by atoms with Crippen molar-refractivity contribution in [2.24, 2.45) is 17.1 Å². The van der Waals surface area contributed by atoms with E-state index >= 15 is 0 Å². The smallest absolute Gasteiger partial charge is 0.0292 e. The van der Waals surface area contributed by atoms with Gasteiger partial charge in [-0.05, 0) is 42.8 Å². The van der Waals surface area contributed by atoms with E-state index in [2.05, 4.69) is 25.6 Å². The molecule has 2 aliphatic rings. The molecule has 0 unspecified atom stereocenters. The van der Waals surface area contributed by atoms with Crippen LogP contribution in [-0.2, 0) is 0 Å². The molecule has 76 valence electrons. The molecule has 2 fully saturated rings. The van der Waals surface area contributed by atoms with Crippen molar-refractivity contribution in [3.63, 3.8) is 0 Å². The van der Waals surface area contributed by atoms with Crippen molar-refractivity contribution in [3.8, 4) is 0 Å². The number of rotatable bonds is 4. The molecule has 13 heavy (non-hydrogen) atoms. The quantitative estimate of drug-likeness (QED) is 0.753. The van der Waals surface area contributed by atoms with Gasteiger partial charge in [0.2, 0.25) is 0 Å². The van der Waals surface area contributed by atoms with Crippen molar-refractivity contribution in [1.29, 1.82) is 0 Å². The lowest BCUT2D eigenvalue weighted by molar-refractivity contribution is 0.210. The zero-order chi connectivity index (χ0) is 9.53. The van der Waals surface area contributed by atoms with E-state index in [0.29, 0.717) is 4.75 Å². The molecule has 1 nitrogen and oxygen atoms in total. The lowest BCUT2D eigenvalue weighted by Gasteiger charge is -2.48. The van der Waals surface area contributed by atoms with E-state index in [1.807, 2.05) is 0 Å². The Bertz CT molecular complexity index is 188. The van der Waals surface area contributed by atoms with E-state index in [4.69, 9.17) is 5.73 Å². The van der Waals surface area contributed by atoms with Gasteiger partial charge in [0, 0.05) is 11.3 Å². The molecular weight excluding hydrogens is 178 g/mol. The van der Waals surface area contributed by atoms with Gasteiger partial charge < -0.3 is 5.73 Å². The molecule has 0 aromatic heterocycles. The fourth-order valence-corrected chi connectivity index (χ4v) is 4.12. The molecule has 2 saturated carbocycles. The summed E-state index contributed by atoms with van der Waals surface area (Å²) in [5.74, 6) is 2.09. The number of thioether (sulfide) groups is 1. The summed E-state index contributed by atoms with van der Waals surface area (Å²) in [7, 11) is 0. The van der Waals surface area contributed by atoms with Crippen LogP contribution in [0, 0.1) is 11.3 Å². The molecule has 2 N–H and O–H groups in total. The molecule has 0 amide bonds. The Kier molecular flexibility index (Phi) is 2.40. The molecule has 0 aromatic rings. The van der Waals surface area contributed by atoms with Gasteiger partial charge in [-0.3, -0.25) is 0 Å². The summed E-state index contributed by atoms with van der Waals surface area (Å²) in [5, 5.41) is 0. The second-order valence-electron chi connectivity index (χ2n) is 5.45. The highest BCUT2D eigenvalue weighted by Gasteiger charge is 2.60. The fourth-order valence-electron chi connectivity index (χ4n) is 2.49. The van der Waals surface area contributed by atoms with Crippen LogP contribution in [0.5, 0.6) is 0 Å². The van der Waals surface area contributed by atoms with E-state index in [-0.39, 0.29) is 0 Å². The number of nitrogens with two attached hydrogens (primary N) is 1. The van der Waals surface area contributed by atoms with E-state index in [1.54, 1.807) is 0 Å². The van der Waals surface area contributed by atoms with Gasteiger partial charge in [0.1, 0.15) is 0 Å². The van der Waals surface area contributed by atoms with Gasteiger partial charge in [-0.1, -0.05) is 13.8 Å². The summed E-state index contributed by atoms with van der Waals surface area (Å²) in [6.45, 7) is 5.48. The van der Waals surface area contributed by atoms with Gasteiger partial charge in [-0.2, -0.15) is 11.8 Å². The highest BCUT2D eigenvalue weighted by Crippen LogP contribution is 2.68. The second kappa shape index (κ2) is 3.16. The van der Waals surface area contributed by atoms with Crippen LogP contribution in [-0.4, -0.2) is 17.0 Å². The van der Waals surface area contributed by atoms with E-state index in [0.717, 1.165) is 17.9 Å². The zero-order valence-electron chi connectivity index (χ0n) is 8.81. The average molecular weight is 199 g/mol. The third kappa shape index (κ3) is 1.89. The van der Waals surface area contributed by atoms with Crippen LogP contribution < -0.4 is 5.73 Å². The third-order valence-corrected chi connectivity index (χ3v) is 5.35. The summed E-state index contributed by atoms with van der Waals surface area (Å²) >= 11 is 2.14. The van der Waals surface area contributed by atoms with Gasteiger partial charge in [0.25, 0.3) is 0 Å². The van der Waals surface area contributed by atoms with Crippen molar-refractivity contribution in [2.45, 2.75) is 44.3 Å². The maximum Gasteiger partial charge on any atom is 0.0292 e. The lowest BCUT2D eigenvalue weighted by Crippen LogP contribution is -2.48. The van der Waals surface area contributed by atoms with Gasteiger partial charge in [-0.15, -0.1) is 0 Å². The highest BCUT2D eigenvalue weighted by molar-refractivity contribution is 8.00. The van der Waals surface area contributed by atoms with Crippen LogP contribution in [0.1, 0.15) is 39.5 Å². The molecule has 0 bridgehead atoms. The molecule has 0 aromatic carbocycles. The first-order valence-electron chi connectivity index (χ1n) is 5.44. The van der Waals surface area contributed by atoms with Crippen LogP contribution >= 0.6 is 11.8 Å². The van der Waals surface area contributed by atoms with Gasteiger partial charge in [0.05, 0.1) is 0 Å². The third-order valence-electron chi connectivity index (χ3n) is 3.45. The van der Waals surface area contributed by atoms with Crippen LogP contribution in [0.3, 0.4) is 0 Å². The first kappa shape index (κ1) is 9.85. The Labute approximate surface area is 85.8 Å². The van der Waals surface area contributed by atoms with Crippen molar-refractivity contribution in [3.05, 3.63) is 0 Å². The minimum absolute atomic E-state index is 0.487. The fraction of sp³-hybridized carbons (Fsp3) is 1.00. The van der Waals surface area contributed by atoms with Crippen LogP contribution in [0.25, 0.3) is 0 Å². The molecule has 0 heterocycles. The summed E-state index contributed by atoms with van der Waals surface area (Å²) in [5.41, 5.74) is 6.68. The van der Waals surface area contributed by atoms with Crippen molar-refractivity contribution in [2.75, 3.05) is 12.3 Å². The maximum absolute atomic E-state index is 5.88. The van der Waals surface area contributed by atoms with Crippen molar-refractivity contribution in [1.82, 2.24) is 0 Å². The maximum atomic E-state index is 5.88. The number of hydrogen-bond acceptors (Lipinski definition) is 2. The SMILES string of the molecule is CC(C)CSC1(CN)CC2(CC2)C1. The summed E-state index contributed by atoms with van der Waals surface area (Å²) in [6.07, 6.45) is 5.79. The first-order valence-corrected chi connectivity index (χ1v) is 6.42. The Hall–Kier alpha value is 0.310. The second-order valence-corrected chi connectivity index (χ2v) is 6.93. The lowest BCUT2D eigenvalue weighted by atomic mass is 9.71. The largest absolute Gasteiger partial charge is 0.329 e. The molecule has 1 spiro atoms. The standard InChI is InChI=1S/C11H21NS/c1-9(2)5-13-11(8-12)6-10(7-11)3-4-10/h9H,3-8,12H2,1-2H3. The predicted octanol–water partition coefficient (Wildman–Crippen LogP) is 2.65. The minimum atomic E-state index is 0.487.